The molecule has 0 bridgehead atoms. The van der Waals surface area contributed by atoms with Crippen molar-refractivity contribution in [2.75, 3.05) is 19.6 Å². The van der Waals surface area contributed by atoms with Gasteiger partial charge in [0.05, 0.1) is 0 Å². The van der Waals surface area contributed by atoms with E-state index < -0.39 is 0 Å². The lowest BCUT2D eigenvalue weighted by atomic mass is 9.88. The molecule has 0 radical (unpaired) electrons. The number of ether oxygens (including phenoxy) is 1. The highest BCUT2D eigenvalue weighted by Gasteiger charge is 2.22. The first-order chi connectivity index (χ1) is 11.6. The highest BCUT2D eigenvalue weighted by Crippen LogP contribution is 2.29. The molecule has 2 nitrogen and oxygen atoms in total. The summed E-state index contributed by atoms with van der Waals surface area (Å²) in [6, 6.07) is 17.1. The Bertz CT molecular complexity index is 644. The van der Waals surface area contributed by atoms with Crippen LogP contribution in [0, 0.1) is 13.8 Å². The fourth-order valence-corrected chi connectivity index (χ4v) is 3.60. The van der Waals surface area contributed by atoms with Gasteiger partial charge < -0.3 is 4.74 Å². The Kier molecular flexibility index (Phi) is 5.57. The molecule has 1 fully saturated rings. The van der Waals surface area contributed by atoms with E-state index in [4.69, 9.17) is 4.74 Å². The molecule has 1 aliphatic heterocycles. The third-order valence-electron chi connectivity index (χ3n) is 5.19. The highest BCUT2D eigenvalue weighted by atomic mass is 16.5. The highest BCUT2D eigenvalue weighted by molar-refractivity contribution is 5.32. The van der Waals surface area contributed by atoms with Gasteiger partial charge in [0, 0.05) is 6.54 Å². The van der Waals surface area contributed by atoms with Crippen LogP contribution in [0.4, 0.5) is 0 Å². The van der Waals surface area contributed by atoms with Crippen molar-refractivity contribution in [2.45, 2.75) is 45.6 Å². The van der Waals surface area contributed by atoms with Crippen LogP contribution in [0.15, 0.2) is 48.5 Å². The molecule has 24 heavy (non-hydrogen) atoms. The second-order valence-corrected chi connectivity index (χ2v) is 7.16. The summed E-state index contributed by atoms with van der Waals surface area (Å²) in [4.78, 5) is 2.55. The van der Waals surface area contributed by atoms with Crippen molar-refractivity contribution in [1.29, 1.82) is 0 Å². The van der Waals surface area contributed by atoms with Crippen LogP contribution in [-0.2, 0) is 0 Å². The Morgan fingerprint density at radius 3 is 2.38 bits per heavy atom. The summed E-state index contributed by atoms with van der Waals surface area (Å²) in [6.07, 6.45) is 2.73. The normalized spacial score (nSPS) is 17.6. The zero-order valence-corrected chi connectivity index (χ0v) is 15.2. The second kappa shape index (κ2) is 7.85. The van der Waals surface area contributed by atoms with Crippen LogP contribution >= 0.6 is 0 Å². The van der Waals surface area contributed by atoms with Gasteiger partial charge in [-0.15, -0.1) is 0 Å². The lowest BCUT2D eigenvalue weighted by Crippen LogP contribution is -2.39. The second-order valence-electron chi connectivity index (χ2n) is 7.16. The molecule has 1 heterocycles. The fraction of sp³-hybridized carbons (Fsp3) is 0.455. The minimum atomic E-state index is 0.227. The van der Waals surface area contributed by atoms with Gasteiger partial charge in [0.1, 0.15) is 11.9 Å². The van der Waals surface area contributed by atoms with E-state index >= 15 is 0 Å². The van der Waals surface area contributed by atoms with E-state index in [0.717, 1.165) is 12.3 Å². The maximum atomic E-state index is 6.02. The van der Waals surface area contributed by atoms with Gasteiger partial charge in [-0.25, -0.2) is 0 Å². The van der Waals surface area contributed by atoms with Crippen LogP contribution in [0.1, 0.15) is 42.4 Å². The molecule has 2 aromatic rings. The standard InChI is InChI=1S/C22H29NO/c1-17-9-10-21(15-18(17)2)20-11-13-23(14-12-20)16-19(3)24-22-7-5-4-6-8-22/h4-10,15,19-20H,11-14,16H2,1-3H3. The van der Waals surface area contributed by atoms with Crippen molar-refractivity contribution < 1.29 is 4.74 Å². The number of likely N-dealkylation sites (tertiary alicyclic amines) is 1. The first-order valence-corrected chi connectivity index (χ1v) is 9.13. The molecule has 2 aromatic carbocycles. The minimum Gasteiger partial charge on any atom is -0.489 e. The zero-order chi connectivity index (χ0) is 16.9. The lowest BCUT2D eigenvalue weighted by molar-refractivity contribution is 0.125. The number of aryl methyl sites for hydroxylation is 2. The molecule has 1 unspecified atom stereocenters. The van der Waals surface area contributed by atoms with Crippen LogP contribution < -0.4 is 4.74 Å². The fourth-order valence-electron chi connectivity index (χ4n) is 3.60. The van der Waals surface area contributed by atoms with Gasteiger partial charge >= 0.3 is 0 Å². The minimum absolute atomic E-state index is 0.227. The Balaban J connectivity index is 1.49. The van der Waals surface area contributed by atoms with E-state index in [0.29, 0.717) is 5.92 Å². The molecule has 2 heteroatoms. The average molecular weight is 323 g/mol. The average Bonchev–Trinajstić information content (AvgIpc) is 2.59. The van der Waals surface area contributed by atoms with Crippen molar-refractivity contribution in [2.24, 2.45) is 0 Å². The SMILES string of the molecule is Cc1ccc(C2CCN(CC(C)Oc3ccccc3)CC2)cc1C. The van der Waals surface area contributed by atoms with Gasteiger partial charge in [-0.1, -0.05) is 36.4 Å². The van der Waals surface area contributed by atoms with Crippen LogP contribution in [-0.4, -0.2) is 30.6 Å². The molecule has 1 aliphatic rings. The number of piperidine rings is 1. The van der Waals surface area contributed by atoms with Crippen molar-refractivity contribution in [3.8, 4) is 5.75 Å². The molecule has 1 saturated heterocycles. The summed E-state index contributed by atoms with van der Waals surface area (Å²) < 4.78 is 6.02. The molecule has 128 valence electrons. The number of benzene rings is 2. The summed E-state index contributed by atoms with van der Waals surface area (Å²) in [7, 11) is 0. The van der Waals surface area contributed by atoms with Crippen LogP contribution in [0.5, 0.6) is 5.75 Å². The zero-order valence-electron chi connectivity index (χ0n) is 15.2. The molecule has 0 saturated carbocycles. The van der Waals surface area contributed by atoms with Crippen molar-refractivity contribution in [3.05, 3.63) is 65.2 Å². The van der Waals surface area contributed by atoms with Gasteiger partial charge in [-0.3, -0.25) is 4.90 Å². The Morgan fingerprint density at radius 2 is 1.71 bits per heavy atom. The topological polar surface area (TPSA) is 12.5 Å². The molecule has 0 aromatic heterocycles. The first kappa shape index (κ1) is 17.0. The van der Waals surface area contributed by atoms with E-state index in [1.807, 2.05) is 30.3 Å². The van der Waals surface area contributed by atoms with Crippen molar-refractivity contribution in [3.63, 3.8) is 0 Å². The summed E-state index contributed by atoms with van der Waals surface area (Å²) in [5.74, 6) is 1.68. The molecule has 0 amide bonds. The number of hydrogen-bond acceptors (Lipinski definition) is 2. The predicted octanol–water partition coefficient (Wildman–Crippen LogP) is 4.95. The summed E-state index contributed by atoms with van der Waals surface area (Å²) in [6.45, 7) is 9.92. The predicted molar refractivity (Wildman–Crippen MR) is 101 cm³/mol. The van der Waals surface area contributed by atoms with Gasteiger partial charge in [0.25, 0.3) is 0 Å². The monoisotopic (exact) mass is 323 g/mol. The maximum Gasteiger partial charge on any atom is 0.119 e. The van der Waals surface area contributed by atoms with Crippen LogP contribution in [0.2, 0.25) is 0 Å². The van der Waals surface area contributed by atoms with Crippen LogP contribution in [0.3, 0.4) is 0 Å². The third-order valence-corrected chi connectivity index (χ3v) is 5.19. The van der Waals surface area contributed by atoms with Gasteiger partial charge in [-0.05, 0) is 81.4 Å². The quantitative estimate of drug-likeness (QED) is 0.772. The summed E-state index contributed by atoms with van der Waals surface area (Å²) in [5, 5.41) is 0. The Morgan fingerprint density at radius 1 is 1.00 bits per heavy atom. The number of hydrogen-bond donors (Lipinski definition) is 0. The smallest absolute Gasteiger partial charge is 0.119 e. The van der Waals surface area contributed by atoms with Crippen LogP contribution in [0.25, 0.3) is 0 Å². The summed E-state index contributed by atoms with van der Waals surface area (Å²) in [5.41, 5.74) is 4.33. The lowest BCUT2D eigenvalue weighted by Gasteiger charge is -2.34. The van der Waals surface area contributed by atoms with Gasteiger partial charge in [0.15, 0.2) is 0 Å². The molecule has 3 rings (SSSR count). The Labute approximate surface area is 146 Å². The van der Waals surface area contributed by atoms with E-state index in [2.05, 4.69) is 43.9 Å². The van der Waals surface area contributed by atoms with Crippen molar-refractivity contribution >= 4 is 0 Å². The third kappa shape index (κ3) is 4.39. The number of rotatable bonds is 5. The van der Waals surface area contributed by atoms with E-state index in [-0.39, 0.29) is 6.10 Å². The van der Waals surface area contributed by atoms with E-state index in [1.54, 1.807) is 0 Å². The van der Waals surface area contributed by atoms with Gasteiger partial charge in [-0.2, -0.15) is 0 Å². The Hall–Kier alpha value is -1.80. The van der Waals surface area contributed by atoms with E-state index in [9.17, 15) is 0 Å². The van der Waals surface area contributed by atoms with Crippen molar-refractivity contribution in [1.82, 2.24) is 4.90 Å². The molecule has 1 atom stereocenters. The summed E-state index contributed by atoms with van der Waals surface area (Å²) >= 11 is 0. The molecule has 0 spiro atoms. The molecular formula is C22H29NO. The number of nitrogens with zero attached hydrogens (tertiary/aromatic N) is 1. The maximum absolute atomic E-state index is 6.02. The molecule has 0 aliphatic carbocycles. The number of para-hydroxylation sites is 1. The molecular weight excluding hydrogens is 294 g/mol. The van der Waals surface area contributed by atoms with E-state index in [1.165, 1.54) is 42.6 Å². The molecule has 0 N–H and O–H groups in total. The first-order valence-electron chi connectivity index (χ1n) is 9.13. The largest absolute Gasteiger partial charge is 0.489 e. The van der Waals surface area contributed by atoms with Gasteiger partial charge in [0.2, 0.25) is 0 Å².